The number of carbonyl (C=O) groups is 2. The van der Waals surface area contributed by atoms with Crippen LogP contribution < -0.4 is 5.32 Å². The highest BCUT2D eigenvalue weighted by atomic mass is 31.2. The summed E-state index contributed by atoms with van der Waals surface area (Å²) < 4.78 is 65.1. The molecule has 1 N–H and O–H groups in total. The first-order chi connectivity index (χ1) is 17.5. The molecule has 2 aromatic carbocycles. The van der Waals surface area contributed by atoms with Crippen LogP contribution >= 0.6 is 7.60 Å². The first-order valence-corrected chi connectivity index (χ1v) is 13.5. The molecule has 38 heavy (non-hydrogen) atoms. The molecule has 1 atom stereocenters. The molecule has 0 spiro atoms. The van der Waals surface area contributed by atoms with Crippen LogP contribution in [0, 0.1) is 0 Å². The zero-order valence-electron chi connectivity index (χ0n) is 22.7. The molecule has 0 aromatic heterocycles. The van der Waals surface area contributed by atoms with Crippen molar-refractivity contribution in [3.63, 3.8) is 0 Å². The van der Waals surface area contributed by atoms with E-state index in [1.54, 1.807) is 24.3 Å². The third-order valence-corrected chi connectivity index (χ3v) is 7.39. The molecule has 8 nitrogen and oxygen atoms in total. The van der Waals surface area contributed by atoms with Gasteiger partial charge in [0.2, 0.25) is 0 Å². The van der Waals surface area contributed by atoms with Crippen molar-refractivity contribution in [1.29, 1.82) is 0 Å². The Morgan fingerprint density at radius 2 is 1.39 bits per heavy atom. The van der Waals surface area contributed by atoms with Gasteiger partial charge in [-0.1, -0.05) is 54.6 Å². The Labute approximate surface area is 222 Å². The molecule has 0 fully saturated rings. The van der Waals surface area contributed by atoms with Crippen LogP contribution in [0.5, 0.6) is 0 Å². The highest BCUT2D eigenvalue weighted by Gasteiger charge is 2.58. The Morgan fingerprint density at radius 3 is 1.87 bits per heavy atom. The standard InChI is InChI=1S/C27H36F2NO7P/c1-25(2,3)36-38(33,37-26(4,5)6)27(28,29)21-15-13-19(14-16-21)17-22(23(31)34-7)30-24(32)35-18-20-11-9-8-10-12-20/h8-16,22H,17-18H2,1-7H3,(H,30,32). The van der Waals surface area contributed by atoms with E-state index in [0.29, 0.717) is 5.56 Å². The van der Waals surface area contributed by atoms with Crippen LogP contribution in [-0.2, 0) is 46.6 Å². The van der Waals surface area contributed by atoms with Crippen molar-refractivity contribution in [2.75, 3.05) is 7.11 Å². The number of hydrogen-bond acceptors (Lipinski definition) is 7. The van der Waals surface area contributed by atoms with Gasteiger partial charge in [-0.25, -0.2) is 9.59 Å². The molecule has 2 aromatic rings. The van der Waals surface area contributed by atoms with Crippen LogP contribution in [0.4, 0.5) is 13.6 Å². The van der Waals surface area contributed by atoms with Crippen molar-refractivity contribution in [2.24, 2.45) is 0 Å². The fourth-order valence-electron chi connectivity index (χ4n) is 3.33. The van der Waals surface area contributed by atoms with E-state index in [-0.39, 0.29) is 13.0 Å². The number of ether oxygens (including phenoxy) is 2. The van der Waals surface area contributed by atoms with Crippen LogP contribution in [-0.4, -0.2) is 36.4 Å². The molecule has 1 unspecified atom stereocenters. The van der Waals surface area contributed by atoms with Gasteiger partial charge in [-0.05, 0) is 52.7 Å². The summed E-state index contributed by atoms with van der Waals surface area (Å²) in [6.07, 6.45) is -0.903. The Kier molecular flexibility index (Phi) is 10.2. The maximum absolute atomic E-state index is 15.6. The Bertz CT molecular complexity index is 1110. The SMILES string of the molecule is COC(=O)C(Cc1ccc(C(F)(F)P(=O)(OC(C)(C)C)OC(C)(C)C)cc1)NC(=O)OCc1ccccc1. The predicted molar refractivity (Wildman–Crippen MR) is 139 cm³/mol. The quantitative estimate of drug-likeness (QED) is 0.261. The van der Waals surface area contributed by atoms with Gasteiger partial charge in [0.15, 0.2) is 0 Å². The third-order valence-electron chi connectivity index (χ3n) is 4.86. The average Bonchev–Trinajstić information content (AvgIpc) is 2.80. The molecule has 0 aliphatic carbocycles. The molecule has 1 amide bonds. The minimum absolute atomic E-state index is 0.00231. The van der Waals surface area contributed by atoms with Gasteiger partial charge < -0.3 is 14.8 Å². The summed E-state index contributed by atoms with van der Waals surface area (Å²) in [6, 6.07) is 12.7. The van der Waals surface area contributed by atoms with Crippen LogP contribution in [0.2, 0.25) is 0 Å². The maximum Gasteiger partial charge on any atom is 0.408 e. The molecule has 2 rings (SSSR count). The Morgan fingerprint density at radius 1 is 0.868 bits per heavy atom. The van der Waals surface area contributed by atoms with Crippen molar-refractivity contribution in [2.45, 2.75) is 77.5 Å². The Hall–Kier alpha value is -2.81. The number of methoxy groups -OCH3 is 1. The van der Waals surface area contributed by atoms with Crippen molar-refractivity contribution in [3.8, 4) is 0 Å². The van der Waals surface area contributed by atoms with Gasteiger partial charge in [0.1, 0.15) is 12.6 Å². The summed E-state index contributed by atoms with van der Waals surface area (Å²) >= 11 is 0. The number of esters is 1. The second-order valence-corrected chi connectivity index (χ2v) is 12.6. The summed E-state index contributed by atoms with van der Waals surface area (Å²) in [5.41, 5.74) is -5.68. The number of nitrogens with one attached hydrogen (secondary N) is 1. The summed E-state index contributed by atoms with van der Waals surface area (Å²) in [7, 11) is -3.82. The van der Waals surface area contributed by atoms with E-state index >= 15 is 8.78 Å². The molecular weight excluding hydrogens is 519 g/mol. The highest BCUT2D eigenvalue weighted by molar-refractivity contribution is 7.54. The van der Waals surface area contributed by atoms with Crippen molar-refractivity contribution in [1.82, 2.24) is 5.32 Å². The van der Waals surface area contributed by atoms with E-state index in [1.807, 2.05) is 6.07 Å². The summed E-state index contributed by atoms with van der Waals surface area (Å²) in [6.45, 7) is 9.06. The molecular formula is C27H36F2NO7P. The van der Waals surface area contributed by atoms with Gasteiger partial charge in [0.25, 0.3) is 0 Å². The number of carbonyl (C=O) groups excluding carboxylic acids is 2. The molecule has 0 bridgehead atoms. The summed E-state index contributed by atoms with van der Waals surface area (Å²) in [5, 5.41) is 2.44. The largest absolute Gasteiger partial charge is 0.467 e. The highest BCUT2D eigenvalue weighted by Crippen LogP contribution is 2.69. The maximum atomic E-state index is 15.6. The van der Waals surface area contributed by atoms with Gasteiger partial charge in [-0.3, -0.25) is 13.6 Å². The van der Waals surface area contributed by atoms with E-state index in [4.69, 9.17) is 18.5 Å². The predicted octanol–water partition coefficient (Wildman–Crippen LogP) is 6.57. The molecule has 0 radical (unpaired) electrons. The molecule has 0 saturated heterocycles. The van der Waals surface area contributed by atoms with Crippen molar-refractivity contribution >= 4 is 19.7 Å². The average molecular weight is 556 g/mol. The van der Waals surface area contributed by atoms with Gasteiger partial charge in [0.05, 0.1) is 18.3 Å². The van der Waals surface area contributed by atoms with E-state index in [0.717, 1.165) is 24.8 Å². The van der Waals surface area contributed by atoms with Gasteiger partial charge in [-0.15, -0.1) is 0 Å². The molecule has 210 valence electrons. The van der Waals surface area contributed by atoms with Crippen LogP contribution in [0.15, 0.2) is 54.6 Å². The van der Waals surface area contributed by atoms with Gasteiger partial charge in [-0.2, -0.15) is 8.78 Å². The smallest absolute Gasteiger partial charge is 0.408 e. The number of rotatable bonds is 10. The fourth-order valence-corrected chi connectivity index (χ4v) is 5.51. The first-order valence-electron chi connectivity index (χ1n) is 12.0. The summed E-state index contributed by atoms with van der Waals surface area (Å²) in [4.78, 5) is 24.5. The van der Waals surface area contributed by atoms with Crippen LogP contribution in [0.25, 0.3) is 0 Å². The molecule has 0 aliphatic rings. The lowest BCUT2D eigenvalue weighted by molar-refractivity contribution is -0.143. The number of halogens is 2. The second kappa shape index (κ2) is 12.4. The minimum atomic E-state index is -4.98. The lowest BCUT2D eigenvalue weighted by Crippen LogP contribution is -2.43. The zero-order valence-corrected chi connectivity index (χ0v) is 23.6. The number of alkyl halides is 2. The van der Waals surface area contributed by atoms with E-state index in [2.05, 4.69) is 5.32 Å². The second-order valence-electron chi connectivity index (χ2n) is 10.6. The Balaban J connectivity index is 2.20. The first kappa shape index (κ1) is 31.4. The number of benzene rings is 2. The number of amides is 1. The normalized spacial score (nSPS) is 13.5. The van der Waals surface area contributed by atoms with Crippen LogP contribution in [0.1, 0.15) is 58.2 Å². The monoisotopic (exact) mass is 555 g/mol. The van der Waals surface area contributed by atoms with E-state index in [9.17, 15) is 14.2 Å². The van der Waals surface area contributed by atoms with Crippen molar-refractivity contribution < 1.29 is 41.5 Å². The topological polar surface area (TPSA) is 100 Å². The lowest BCUT2D eigenvalue weighted by atomic mass is 10.0. The van der Waals surface area contributed by atoms with Crippen LogP contribution in [0.3, 0.4) is 0 Å². The number of hydrogen-bond donors (Lipinski definition) is 1. The third kappa shape index (κ3) is 9.19. The van der Waals surface area contributed by atoms with Gasteiger partial charge >= 0.3 is 25.3 Å². The fraction of sp³-hybridized carbons (Fsp3) is 0.481. The molecule has 0 aliphatic heterocycles. The minimum Gasteiger partial charge on any atom is -0.467 e. The van der Waals surface area contributed by atoms with E-state index in [1.165, 1.54) is 53.7 Å². The lowest BCUT2D eigenvalue weighted by Gasteiger charge is -2.36. The number of alkyl carbamates (subject to hydrolysis) is 1. The molecule has 11 heteroatoms. The van der Waals surface area contributed by atoms with E-state index < -0.39 is 48.1 Å². The summed E-state index contributed by atoms with van der Waals surface area (Å²) in [5.74, 6) is -0.738. The molecule has 0 heterocycles. The van der Waals surface area contributed by atoms with Crippen molar-refractivity contribution in [3.05, 3.63) is 71.3 Å². The van der Waals surface area contributed by atoms with Gasteiger partial charge in [0, 0.05) is 12.0 Å². The molecule has 0 saturated carbocycles. The zero-order chi connectivity index (χ0) is 28.8.